The van der Waals surface area contributed by atoms with E-state index in [1.807, 2.05) is 0 Å². The summed E-state index contributed by atoms with van der Waals surface area (Å²) in [5, 5.41) is 21.3. The van der Waals surface area contributed by atoms with Crippen molar-refractivity contribution >= 4 is 33.3 Å². The number of sulfonamides is 1. The Morgan fingerprint density at radius 2 is 1.47 bits per heavy atom. The van der Waals surface area contributed by atoms with Gasteiger partial charge in [0.15, 0.2) is 4.90 Å². The third kappa shape index (κ3) is 4.24. The lowest BCUT2D eigenvalue weighted by atomic mass is 10.1. The summed E-state index contributed by atoms with van der Waals surface area (Å²) in [7, 11) is -3.66. The van der Waals surface area contributed by atoms with Crippen molar-refractivity contribution in [3.8, 4) is 5.69 Å². The predicted molar refractivity (Wildman–Crippen MR) is 136 cm³/mol. The first-order valence-corrected chi connectivity index (χ1v) is 12.4. The largest absolute Gasteiger partial charge is 0.478 e. The van der Waals surface area contributed by atoms with E-state index in [1.165, 1.54) is 42.9 Å². The first-order valence-electron chi connectivity index (χ1n) is 11.0. The van der Waals surface area contributed by atoms with Gasteiger partial charge in [-0.1, -0.05) is 42.5 Å². The molecular formula is C25H20N4O8S. The normalized spacial score (nSPS) is 11.2. The van der Waals surface area contributed by atoms with E-state index in [4.69, 9.17) is 0 Å². The molecular weight excluding hydrogens is 516 g/mol. The first kappa shape index (κ1) is 26.0. The van der Waals surface area contributed by atoms with Crippen molar-refractivity contribution in [2.24, 2.45) is 7.05 Å². The molecule has 4 aromatic rings. The molecule has 1 heterocycles. The quantitative estimate of drug-likeness (QED) is 0.278. The van der Waals surface area contributed by atoms with E-state index in [-0.39, 0.29) is 10.00 Å². The summed E-state index contributed by atoms with van der Waals surface area (Å²) in [6.07, 6.45) is 0. The van der Waals surface area contributed by atoms with Gasteiger partial charge in [-0.3, -0.25) is 24.4 Å². The molecule has 0 saturated carbocycles. The number of benzene rings is 3. The van der Waals surface area contributed by atoms with E-state index in [0.717, 1.165) is 28.9 Å². The Morgan fingerprint density at radius 3 is 2.08 bits per heavy atom. The molecule has 12 nitrogen and oxygen atoms in total. The maximum atomic E-state index is 14.0. The average molecular weight is 537 g/mol. The Bertz CT molecular complexity index is 1760. The number of carboxylic acid groups (broad SMARTS) is 1. The van der Waals surface area contributed by atoms with Crippen molar-refractivity contribution in [2.75, 3.05) is 4.31 Å². The second-order valence-electron chi connectivity index (χ2n) is 8.06. The minimum absolute atomic E-state index is 0.0298. The lowest BCUT2D eigenvalue weighted by molar-refractivity contribution is -0.387. The van der Waals surface area contributed by atoms with Crippen LogP contribution in [0.2, 0.25) is 0 Å². The van der Waals surface area contributed by atoms with E-state index in [9.17, 15) is 38.0 Å². The minimum Gasteiger partial charge on any atom is -0.478 e. The summed E-state index contributed by atoms with van der Waals surface area (Å²) in [5.74, 6) is -2.88. The highest BCUT2D eigenvalue weighted by Crippen LogP contribution is 2.32. The van der Waals surface area contributed by atoms with Crippen LogP contribution in [-0.2, 0) is 17.1 Å². The van der Waals surface area contributed by atoms with E-state index < -0.39 is 59.8 Å². The number of aromatic nitrogens is 2. The zero-order valence-corrected chi connectivity index (χ0v) is 20.8. The van der Waals surface area contributed by atoms with Gasteiger partial charge in [-0.15, -0.1) is 0 Å². The van der Waals surface area contributed by atoms with E-state index in [2.05, 4.69) is 0 Å². The molecule has 1 amide bonds. The summed E-state index contributed by atoms with van der Waals surface area (Å²) >= 11 is 0. The fraction of sp³-hybridized carbons (Fsp3) is 0.0800. The molecule has 1 aromatic heterocycles. The Morgan fingerprint density at radius 1 is 0.921 bits per heavy atom. The molecule has 0 radical (unpaired) electrons. The lowest BCUT2D eigenvalue weighted by Crippen LogP contribution is -2.41. The Balaban J connectivity index is 2.09. The number of carbonyl (C=O) groups is 2. The monoisotopic (exact) mass is 536 g/mol. The highest BCUT2D eigenvalue weighted by Gasteiger charge is 2.41. The highest BCUT2D eigenvalue weighted by molar-refractivity contribution is 7.93. The number of hydrogen-bond donors (Lipinski definition) is 1. The number of para-hydroxylation sites is 2. The summed E-state index contributed by atoms with van der Waals surface area (Å²) in [6, 6.07) is 17.4. The molecule has 0 aliphatic rings. The van der Waals surface area contributed by atoms with Gasteiger partial charge in [0.05, 0.1) is 27.4 Å². The molecule has 1 N–H and O–H groups in total. The fourth-order valence-electron chi connectivity index (χ4n) is 4.01. The smallest absolute Gasteiger partial charge is 0.336 e. The Labute approximate surface area is 215 Å². The van der Waals surface area contributed by atoms with Crippen LogP contribution in [0.15, 0.2) is 88.6 Å². The third-order valence-electron chi connectivity index (χ3n) is 5.88. The van der Waals surface area contributed by atoms with Crippen molar-refractivity contribution in [3.63, 3.8) is 0 Å². The zero-order valence-electron chi connectivity index (χ0n) is 20.0. The van der Waals surface area contributed by atoms with Gasteiger partial charge in [0, 0.05) is 13.1 Å². The van der Waals surface area contributed by atoms with E-state index in [0.29, 0.717) is 5.69 Å². The molecule has 0 fully saturated rings. The number of nitrogens with zero attached hydrogens (tertiary/aromatic N) is 4. The van der Waals surface area contributed by atoms with Crippen LogP contribution in [0.1, 0.15) is 26.4 Å². The number of aromatic carboxylic acids is 1. The van der Waals surface area contributed by atoms with Crippen molar-refractivity contribution in [2.45, 2.75) is 11.8 Å². The topological polar surface area (TPSA) is 162 Å². The van der Waals surface area contributed by atoms with Gasteiger partial charge in [0.2, 0.25) is 0 Å². The van der Waals surface area contributed by atoms with Gasteiger partial charge in [-0.2, -0.15) is 4.31 Å². The zero-order chi connectivity index (χ0) is 27.8. The van der Waals surface area contributed by atoms with Crippen molar-refractivity contribution in [1.82, 2.24) is 9.36 Å². The standard InChI is InChI=1S/C25H20N4O8S/c1-16-22(24(31)27(26(16)2)17-10-4-3-5-11-17)28(23(30)18-12-6-7-13-19(18)25(32)33)38(36,37)21-15-9-8-14-20(21)29(34)35/h3-15H,1-2H3,(H,32,33). The third-order valence-corrected chi connectivity index (χ3v) is 7.61. The van der Waals surface area contributed by atoms with Crippen LogP contribution < -0.4 is 9.86 Å². The van der Waals surface area contributed by atoms with Gasteiger partial charge < -0.3 is 5.11 Å². The van der Waals surface area contributed by atoms with Crippen LogP contribution in [-0.4, -0.2) is 39.7 Å². The molecule has 38 heavy (non-hydrogen) atoms. The van der Waals surface area contributed by atoms with Crippen molar-refractivity contribution in [1.29, 1.82) is 0 Å². The predicted octanol–water partition coefficient (Wildman–Crippen LogP) is 3.13. The summed E-state index contributed by atoms with van der Waals surface area (Å²) in [4.78, 5) is 49.4. The summed E-state index contributed by atoms with van der Waals surface area (Å²) < 4.78 is 30.6. The molecule has 194 valence electrons. The molecule has 0 unspecified atom stereocenters. The Hall–Kier alpha value is -5.04. The van der Waals surface area contributed by atoms with E-state index >= 15 is 0 Å². The summed E-state index contributed by atoms with van der Waals surface area (Å²) in [5.41, 5.74) is -3.01. The molecule has 0 aliphatic carbocycles. The number of hydrogen-bond acceptors (Lipinski definition) is 7. The highest BCUT2D eigenvalue weighted by atomic mass is 32.2. The van der Waals surface area contributed by atoms with Gasteiger partial charge in [0.1, 0.15) is 5.69 Å². The van der Waals surface area contributed by atoms with Crippen LogP contribution in [0.5, 0.6) is 0 Å². The van der Waals surface area contributed by atoms with Gasteiger partial charge in [-0.05, 0) is 37.3 Å². The van der Waals surface area contributed by atoms with Crippen LogP contribution >= 0.6 is 0 Å². The van der Waals surface area contributed by atoms with Crippen LogP contribution in [0.25, 0.3) is 5.69 Å². The maximum absolute atomic E-state index is 14.0. The molecule has 3 aromatic carbocycles. The number of rotatable bonds is 7. The molecule has 0 spiro atoms. The number of nitro groups is 1. The van der Waals surface area contributed by atoms with Gasteiger partial charge in [0.25, 0.3) is 27.2 Å². The number of carboxylic acids is 1. The van der Waals surface area contributed by atoms with Crippen molar-refractivity contribution in [3.05, 3.63) is 116 Å². The number of amides is 1. The first-order chi connectivity index (χ1) is 18.0. The minimum atomic E-state index is -5.13. The number of nitro benzene ring substituents is 1. The van der Waals surface area contributed by atoms with Crippen LogP contribution in [0.4, 0.5) is 11.4 Å². The maximum Gasteiger partial charge on any atom is 0.336 e. The molecule has 13 heteroatoms. The molecule has 0 saturated heterocycles. The molecule has 0 aliphatic heterocycles. The molecule has 0 bridgehead atoms. The van der Waals surface area contributed by atoms with Crippen LogP contribution in [0.3, 0.4) is 0 Å². The summed E-state index contributed by atoms with van der Waals surface area (Å²) in [6.45, 7) is 1.40. The van der Waals surface area contributed by atoms with Crippen molar-refractivity contribution < 1.29 is 28.0 Å². The molecule has 4 rings (SSSR count). The second-order valence-corrected chi connectivity index (χ2v) is 9.82. The van der Waals surface area contributed by atoms with Crippen LogP contribution in [0, 0.1) is 17.0 Å². The van der Waals surface area contributed by atoms with Gasteiger partial charge >= 0.3 is 5.97 Å². The average Bonchev–Trinajstić information content (AvgIpc) is 3.12. The van der Waals surface area contributed by atoms with Gasteiger partial charge in [-0.25, -0.2) is 17.9 Å². The number of carbonyl (C=O) groups excluding carboxylic acids is 1. The fourth-order valence-corrected chi connectivity index (χ4v) is 5.63. The Kier molecular flexibility index (Phi) is 6.70. The second kappa shape index (κ2) is 9.78. The number of anilines is 1. The molecule has 0 atom stereocenters. The lowest BCUT2D eigenvalue weighted by Gasteiger charge is -2.22. The SMILES string of the molecule is Cc1c(N(C(=O)c2ccccc2C(=O)O)S(=O)(=O)c2ccccc2[N+](=O)[O-])c(=O)n(-c2ccccc2)n1C. The van der Waals surface area contributed by atoms with E-state index in [1.54, 1.807) is 30.3 Å².